The van der Waals surface area contributed by atoms with Gasteiger partial charge in [0.2, 0.25) is 11.7 Å². The number of furan rings is 1. The first-order chi connectivity index (χ1) is 11.7. The molecule has 0 fully saturated rings. The van der Waals surface area contributed by atoms with Gasteiger partial charge in [0.05, 0.1) is 6.26 Å². The van der Waals surface area contributed by atoms with Crippen LogP contribution in [0, 0.1) is 0 Å². The van der Waals surface area contributed by atoms with E-state index in [0.717, 1.165) is 5.56 Å². The number of carbonyl (C=O) groups excluding carboxylic acids is 1. The molecule has 2 aromatic heterocycles. The van der Waals surface area contributed by atoms with Crippen molar-refractivity contribution in [2.24, 2.45) is 5.73 Å². The van der Waals surface area contributed by atoms with Crippen molar-refractivity contribution < 1.29 is 9.21 Å². The number of rotatable bonds is 7. The molecule has 3 rings (SSSR count). The number of aromatic nitrogens is 3. The van der Waals surface area contributed by atoms with Crippen LogP contribution in [-0.2, 0) is 11.3 Å². The van der Waals surface area contributed by atoms with Crippen molar-refractivity contribution in [2.75, 3.05) is 0 Å². The maximum absolute atomic E-state index is 11.9. The summed E-state index contributed by atoms with van der Waals surface area (Å²) in [6, 6.07) is 12.9. The molecule has 0 spiro atoms. The molecule has 2 heterocycles. The van der Waals surface area contributed by atoms with Crippen LogP contribution < -0.4 is 5.73 Å². The Hall–Kier alpha value is -2.80. The second-order valence-electron chi connectivity index (χ2n) is 4.99. The summed E-state index contributed by atoms with van der Waals surface area (Å²) in [7, 11) is 0. The summed E-state index contributed by atoms with van der Waals surface area (Å²) in [5.41, 5.74) is 6.41. The van der Waals surface area contributed by atoms with Crippen LogP contribution in [0.2, 0.25) is 0 Å². The van der Waals surface area contributed by atoms with E-state index >= 15 is 0 Å². The van der Waals surface area contributed by atoms with Crippen LogP contribution in [0.1, 0.15) is 10.8 Å². The fourth-order valence-corrected chi connectivity index (χ4v) is 3.28. The van der Waals surface area contributed by atoms with Crippen LogP contribution in [0.15, 0.2) is 71.0 Å². The van der Waals surface area contributed by atoms with Crippen LogP contribution in [0.4, 0.5) is 0 Å². The first-order valence-electron chi connectivity index (χ1n) is 7.29. The van der Waals surface area contributed by atoms with Crippen molar-refractivity contribution in [3.8, 4) is 11.6 Å². The predicted molar refractivity (Wildman–Crippen MR) is 92.2 cm³/mol. The van der Waals surface area contributed by atoms with Crippen LogP contribution in [0.3, 0.4) is 0 Å². The molecule has 122 valence electrons. The SMILES string of the molecule is C=CCn1c(SC(C(N)=O)c2ccccc2)nnc1-c1ccco1. The van der Waals surface area contributed by atoms with E-state index in [-0.39, 0.29) is 0 Å². The highest BCUT2D eigenvalue weighted by molar-refractivity contribution is 8.00. The van der Waals surface area contributed by atoms with E-state index in [2.05, 4.69) is 16.8 Å². The second-order valence-corrected chi connectivity index (χ2v) is 6.07. The molecule has 0 saturated carbocycles. The average Bonchev–Trinajstić information content (AvgIpc) is 3.23. The zero-order valence-electron chi connectivity index (χ0n) is 12.8. The number of hydrogen-bond donors (Lipinski definition) is 1. The topological polar surface area (TPSA) is 86.9 Å². The maximum Gasteiger partial charge on any atom is 0.235 e. The smallest absolute Gasteiger partial charge is 0.235 e. The molecule has 0 radical (unpaired) electrons. The van der Waals surface area contributed by atoms with Gasteiger partial charge in [-0.3, -0.25) is 9.36 Å². The molecule has 7 heteroatoms. The van der Waals surface area contributed by atoms with Crippen LogP contribution in [0.5, 0.6) is 0 Å². The van der Waals surface area contributed by atoms with Crippen LogP contribution >= 0.6 is 11.8 Å². The van der Waals surface area contributed by atoms with Gasteiger partial charge in [0, 0.05) is 6.54 Å². The lowest BCUT2D eigenvalue weighted by Gasteiger charge is -2.13. The molecule has 2 N–H and O–H groups in total. The molecule has 0 aliphatic rings. The molecule has 1 unspecified atom stereocenters. The molecule has 0 aliphatic carbocycles. The fraction of sp³-hybridized carbons (Fsp3) is 0.118. The van der Waals surface area contributed by atoms with E-state index in [9.17, 15) is 4.79 Å². The van der Waals surface area contributed by atoms with E-state index in [1.54, 1.807) is 24.5 Å². The zero-order chi connectivity index (χ0) is 16.9. The van der Waals surface area contributed by atoms with Gasteiger partial charge >= 0.3 is 0 Å². The van der Waals surface area contributed by atoms with Gasteiger partial charge in [-0.25, -0.2) is 0 Å². The minimum atomic E-state index is -0.552. The van der Waals surface area contributed by atoms with Crippen molar-refractivity contribution in [1.82, 2.24) is 14.8 Å². The third-order valence-corrected chi connectivity index (χ3v) is 4.61. The summed E-state index contributed by atoms with van der Waals surface area (Å²) in [6.45, 7) is 4.26. The largest absolute Gasteiger partial charge is 0.461 e. The van der Waals surface area contributed by atoms with Crippen molar-refractivity contribution in [3.63, 3.8) is 0 Å². The standard InChI is InChI=1S/C17H16N4O2S/c1-2-10-21-16(13-9-6-11-23-13)19-20-17(21)24-14(15(18)22)12-7-4-3-5-8-12/h2-9,11,14H,1,10H2,(H2,18,22). The molecular formula is C17H16N4O2S. The Kier molecular flexibility index (Phi) is 4.81. The van der Waals surface area contributed by atoms with Gasteiger partial charge in [0.25, 0.3) is 0 Å². The van der Waals surface area contributed by atoms with Gasteiger partial charge in [-0.15, -0.1) is 16.8 Å². The third-order valence-electron chi connectivity index (χ3n) is 3.35. The van der Waals surface area contributed by atoms with E-state index in [1.165, 1.54) is 11.8 Å². The van der Waals surface area contributed by atoms with Gasteiger partial charge in [-0.05, 0) is 17.7 Å². The number of hydrogen-bond acceptors (Lipinski definition) is 5. The zero-order valence-corrected chi connectivity index (χ0v) is 13.6. The molecule has 0 saturated heterocycles. The molecule has 1 aromatic carbocycles. The van der Waals surface area contributed by atoms with Gasteiger partial charge < -0.3 is 10.2 Å². The first kappa shape index (κ1) is 16.1. The Balaban J connectivity index is 1.96. The minimum Gasteiger partial charge on any atom is -0.461 e. The number of nitrogens with zero attached hydrogens (tertiary/aromatic N) is 3. The van der Waals surface area contributed by atoms with Crippen molar-refractivity contribution in [2.45, 2.75) is 17.0 Å². The van der Waals surface area contributed by atoms with Crippen LogP contribution in [-0.4, -0.2) is 20.7 Å². The molecule has 1 amide bonds. The lowest BCUT2D eigenvalue weighted by Crippen LogP contribution is -2.19. The monoisotopic (exact) mass is 340 g/mol. The summed E-state index contributed by atoms with van der Waals surface area (Å²) in [5, 5.41) is 8.41. The van der Waals surface area contributed by atoms with E-state index in [0.29, 0.717) is 23.3 Å². The Morgan fingerprint density at radius 3 is 2.71 bits per heavy atom. The molecule has 3 aromatic rings. The molecule has 24 heavy (non-hydrogen) atoms. The summed E-state index contributed by atoms with van der Waals surface area (Å²) >= 11 is 1.26. The summed E-state index contributed by atoms with van der Waals surface area (Å²) < 4.78 is 7.24. The number of amides is 1. The molecular weight excluding hydrogens is 324 g/mol. The highest BCUT2D eigenvalue weighted by Gasteiger charge is 2.24. The number of benzene rings is 1. The Morgan fingerprint density at radius 2 is 2.08 bits per heavy atom. The minimum absolute atomic E-state index is 0.432. The molecule has 1 atom stereocenters. The number of carbonyl (C=O) groups is 1. The second kappa shape index (κ2) is 7.18. The van der Waals surface area contributed by atoms with Gasteiger partial charge in [0.15, 0.2) is 10.9 Å². The first-order valence-corrected chi connectivity index (χ1v) is 8.17. The fourth-order valence-electron chi connectivity index (χ4n) is 2.28. The number of primary amides is 1. The summed E-state index contributed by atoms with van der Waals surface area (Å²) in [4.78, 5) is 11.9. The molecule has 0 aliphatic heterocycles. The van der Waals surface area contributed by atoms with Gasteiger partial charge in [-0.1, -0.05) is 48.2 Å². The van der Waals surface area contributed by atoms with Crippen LogP contribution in [0.25, 0.3) is 11.6 Å². The Labute approximate surface area is 143 Å². The predicted octanol–water partition coefficient (Wildman–Crippen LogP) is 3.04. The molecule has 0 bridgehead atoms. The van der Waals surface area contributed by atoms with E-state index in [1.807, 2.05) is 34.9 Å². The van der Waals surface area contributed by atoms with Crippen molar-refractivity contribution >= 4 is 17.7 Å². The number of nitrogens with two attached hydrogens (primary N) is 1. The van der Waals surface area contributed by atoms with Crippen molar-refractivity contribution in [3.05, 3.63) is 66.9 Å². The number of allylic oxidation sites excluding steroid dienone is 1. The lowest BCUT2D eigenvalue weighted by atomic mass is 10.1. The van der Waals surface area contributed by atoms with Crippen molar-refractivity contribution in [1.29, 1.82) is 0 Å². The average molecular weight is 340 g/mol. The van der Waals surface area contributed by atoms with Gasteiger partial charge in [0.1, 0.15) is 5.25 Å². The Morgan fingerprint density at radius 1 is 1.29 bits per heavy atom. The highest BCUT2D eigenvalue weighted by atomic mass is 32.2. The van der Waals surface area contributed by atoms with E-state index < -0.39 is 11.2 Å². The summed E-state index contributed by atoms with van der Waals surface area (Å²) in [6.07, 6.45) is 3.31. The third kappa shape index (κ3) is 3.26. The number of thioether (sulfide) groups is 1. The Bertz CT molecular complexity index is 828. The quantitative estimate of drug-likeness (QED) is 0.528. The van der Waals surface area contributed by atoms with E-state index in [4.69, 9.17) is 10.2 Å². The highest BCUT2D eigenvalue weighted by Crippen LogP contribution is 2.35. The van der Waals surface area contributed by atoms with Gasteiger partial charge in [-0.2, -0.15) is 0 Å². The lowest BCUT2D eigenvalue weighted by molar-refractivity contribution is -0.117. The normalized spacial score (nSPS) is 12.0. The summed E-state index contributed by atoms with van der Waals surface area (Å²) in [5.74, 6) is 0.754. The maximum atomic E-state index is 11.9. The molecule has 6 nitrogen and oxygen atoms in total.